The monoisotopic (exact) mass is 397 g/mol. The number of rotatable bonds is 7. The van der Waals surface area contributed by atoms with Crippen LogP contribution >= 0.6 is 0 Å². The largest absolute Gasteiger partial charge is 0.548 e. The maximum Gasteiger partial charge on any atom is 0.227 e. The van der Waals surface area contributed by atoms with Crippen molar-refractivity contribution in [3.05, 3.63) is 66.2 Å². The summed E-state index contributed by atoms with van der Waals surface area (Å²) in [5.74, 6) is -1.35. The maximum absolute atomic E-state index is 12.7. The molecule has 0 unspecified atom stereocenters. The molecule has 0 spiro atoms. The number of hydrogen-bond acceptors (Lipinski definition) is 4. The molecule has 0 saturated carbocycles. The van der Waals surface area contributed by atoms with E-state index in [1.165, 1.54) is 10.5 Å². The van der Waals surface area contributed by atoms with E-state index in [9.17, 15) is 14.7 Å². The summed E-state index contributed by atoms with van der Waals surface area (Å²) >= 11 is 0. The van der Waals surface area contributed by atoms with Gasteiger partial charge in [-0.2, -0.15) is 0 Å². The Kier molecular flexibility index (Phi) is 7.93. The fourth-order valence-corrected chi connectivity index (χ4v) is 3.96. The SMILES string of the molecule is CCC(=O)N(c1ccccc1)C1(C(=O)[O-])CCN(CCc2ccccc2)CC1.[NH4+]. The second kappa shape index (κ2) is 10.2. The number of para-hydroxylation sites is 1. The topological polar surface area (TPSA) is 100 Å². The van der Waals surface area contributed by atoms with E-state index in [2.05, 4.69) is 17.0 Å². The first-order chi connectivity index (χ1) is 13.6. The van der Waals surface area contributed by atoms with Crippen LogP contribution in [0.1, 0.15) is 31.7 Å². The van der Waals surface area contributed by atoms with Crippen LogP contribution in [-0.2, 0) is 16.0 Å². The minimum Gasteiger partial charge on any atom is -0.548 e. The number of carbonyl (C=O) groups is 2. The second-order valence-electron chi connectivity index (χ2n) is 7.31. The quantitative estimate of drug-likeness (QED) is 0.776. The van der Waals surface area contributed by atoms with Crippen LogP contribution in [-0.4, -0.2) is 41.9 Å². The molecule has 2 aromatic carbocycles. The summed E-state index contributed by atoms with van der Waals surface area (Å²) in [5.41, 5.74) is 0.597. The number of carboxylic acid groups (broad SMARTS) is 1. The van der Waals surface area contributed by atoms with Crippen molar-refractivity contribution < 1.29 is 14.7 Å². The zero-order valence-electron chi connectivity index (χ0n) is 17.3. The molecule has 0 bridgehead atoms. The van der Waals surface area contributed by atoms with Gasteiger partial charge in [-0.05, 0) is 37.0 Å². The van der Waals surface area contributed by atoms with Gasteiger partial charge < -0.3 is 25.9 Å². The average molecular weight is 398 g/mol. The predicted molar refractivity (Wildman–Crippen MR) is 114 cm³/mol. The van der Waals surface area contributed by atoms with Crippen molar-refractivity contribution in [1.29, 1.82) is 0 Å². The molecule has 1 fully saturated rings. The number of aliphatic carboxylic acids is 1. The third kappa shape index (κ3) is 5.02. The molecule has 29 heavy (non-hydrogen) atoms. The molecular weight excluding hydrogens is 366 g/mol. The third-order valence-corrected chi connectivity index (χ3v) is 5.62. The van der Waals surface area contributed by atoms with Crippen molar-refractivity contribution in [2.24, 2.45) is 0 Å². The first-order valence-electron chi connectivity index (χ1n) is 9.92. The van der Waals surface area contributed by atoms with E-state index >= 15 is 0 Å². The molecular formula is C23H31N3O3. The molecule has 156 valence electrons. The Balaban J connectivity index is 0.00000300. The highest BCUT2D eigenvalue weighted by molar-refractivity contribution is 6.01. The molecule has 3 rings (SSSR count). The highest BCUT2D eigenvalue weighted by Crippen LogP contribution is 2.34. The molecule has 1 saturated heterocycles. The van der Waals surface area contributed by atoms with Crippen molar-refractivity contribution in [3.8, 4) is 0 Å². The summed E-state index contributed by atoms with van der Waals surface area (Å²) in [6, 6.07) is 19.4. The van der Waals surface area contributed by atoms with Crippen LogP contribution in [0.5, 0.6) is 0 Å². The van der Waals surface area contributed by atoms with Crippen LogP contribution in [0, 0.1) is 0 Å². The lowest BCUT2D eigenvalue weighted by molar-refractivity contribution is -0.314. The fourth-order valence-electron chi connectivity index (χ4n) is 3.96. The Labute approximate surface area is 172 Å². The van der Waals surface area contributed by atoms with E-state index in [1.807, 2.05) is 36.4 Å². The fraction of sp³-hybridized carbons (Fsp3) is 0.391. The first kappa shape index (κ1) is 22.6. The van der Waals surface area contributed by atoms with Crippen molar-refractivity contribution in [2.45, 2.75) is 38.1 Å². The van der Waals surface area contributed by atoms with Crippen molar-refractivity contribution in [3.63, 3.8) is 0 Å². The highest BCUT2D eigenvalue weighted by Gasteiger charge is 2.44. The molecule has 0 aromatic heterocycles. The Hall–Kier alpha value is -2.70. The normalized spacial score (nSPS) is 15.9. The van der Waals surface area contributed by atoms with E-state index < -0.39 is 11.5 Å². The van der Waals surface area contributed by atoms with Gasteiger partial charge in [0.05, 0.1) is 11.5 Å². The Morgan fingerprint density at radius 2 is 1.55 bits per heavy atom. The smallest absolute Gasteiger partial charge is 0.227 e. The van der Waals surface area contributed by atoms with Crippen molar-refractivity contribution in [2.75, 3.05) is 24.5 Å². The Morgan fingerprint density at radius 1 is 1.00 bits per heavy atom. The lowest BCUT2D eigenvalue weighted by Crippen LogP contribution is -2.66. The Morgan fingerprint density at radius 3 is 2.07 bits per heavy atom. The number of carboxylic acids is 1. The number of quaternary nitrogens is 1. The molecule has 0 radical (unpaired) electrons. The summed E-state index contributed by atoms with van der Waals surface area (Å²) < 4.78 is 0. The molecule has 1 aliphatic heterocycles. The van der Waals surface area contributed by atoms with Crippen molar-refractivity contribution in [1.82, 2.24) is 11.1 Å². The van der Waals surface area contributed by atoms with Gasteiger partial charge in [0.2, 0.25) is 5.91 Å². The number of nitrogens with zero attached hydrogens (tertiary/aromatic N) is 2. The zero-order chi connectivity index (χ0) is 20.0. The van der Waals surface area contributed by atoms with Crippen LogP contribution in [0.25, 0.3) is 0 Å². The summed E-state index contributed by atoms with van der Waals surface area (Å²) in [4.78, 5) is 28.7. The van der Waals surface area contributed by atoms with E-state index in [0.29, 0.717) is 31.6 Å². The number of amides is 1. The lowest BCUT2D eigenvalue weighted by atomic mass is 9.84. The molecule has 1 heterocycles. The van der Waals surface area contributed by atoms with Gasteiger partial charge in [-0.15, -0.1) is 0 Å². The van der Waals surface area contributed by atoms with Gasteiger partial charge in [-0.3, -0.25) is 4.79 Å². The number of likely N-dealkylation sites (tertiary alicyclic amines) is 1. The van der Waals surface area contributed by atoms with Crippen LogP contribution in [0.3, 0.4) is 0 Å². The standard InChI is InChI=1S/C23H28N2O3.H3N/c1-2-21(26)25(20-11-7-4-8-12-20)23(22(27)28)14-17-24(18-15-23)16-13-19-9-5-3-6-10-19;/h3-12H,2,13-18H2,1H3,(H,27,28);1H3. The molecule has 2 aromatic rings. The molecule has 6 heteroatoms. The van der Waals surface area contributed by atoms with Gasteiger partial charge in [0, 0.05) is 31.7 Å². The minimum atomic E-state index is -1.29. The zero-order valence-corrected chi connectivity index (χ0v) is 17.3. The molecule has 4 N–H and O–H groups in total. The van der Waals surface area contributed by atoms with Crippen LogP contribution < -0.4 is 16.2 Å². The third-order valence-electron chi connectivity index (χ3n) is 5.62. The summed E-state index contributed by atoms with van der Waals surface area (Å²) in [6.07, 6.45) is 1.91. The van der Waals surface area contributed by atoms with E-state index in [0.717, 1.165) is 13.0 Å². The summed E-state index contributed by atoms with van der Waals surface area (Å²) in [5, 5.41) is 12.3. The number of hydrogen-bond donors (Lipinski definition) is 1. The van der Waals surface area contributed by atoms with E-state index in [4.69, 9.17) is 0 Å². The van der Waals surface area contributed by atoms with Gasteiger partial charge in [-0.1, -0.05) is 55.5 Å². The van der Waals surface area contributed by atoms with E-state index in [1.54, 1.807) is 19.1 Å². The summed E-state index contributed by atoms with van der Waals surface area (Å²) in [6.45, 7) is 3.89. The van der Waals surface area contributed by atoms with Crippen molar-refractivity contribution >= 4 is 17.6 Å². The van der Waals surface area contributed by atoms with Gasteiger partial charge in [0.15, 0.2) is 0 Å². The number of carbonyl (C=O) groups excluding carboxylic acids is 2. The lowest BCUT2D eigenvalue weighted by Gasteiger charge is -2.49. The number of piperidine rings is 1. The Bertz CT molecular complexity index is 788. The minimum absolute atomic E-state index is 0. The molecule has 0 atom stereocenters. The van der Waals surface area contributed by atoms with Gasteiger partial charge in [0.1, 0.15) is 0 Å². The highest BCUT2D eigenvalue weighted by atomic mass is 16.4. The molecule has 1 aliphatic rings. The summed E-state index contributed by atoms with van der Waals surface area (Å²) in [7, 11) is 0. The van der Waals surface area contributed by atoms with Gasteiger partial charge in [0.25, 0.3) is 0 Å². The second-order valence-corrected chi connectivity index (χ2v) is 7.31. The van der Waals surface area contributed by atoms with Crippen LogP contribution in [0.4, 0.5) is 5.69 Å². The molecule has 1 amide bonds. The average Bonchev–Trinajstić information content (AvgIpc) is 2.74. The molecule has 0 aliphatic carbocycles. The van der Waals surface area contributed by atoms with Gasteiger partial charge >= 0.3 is 0 Å². The van der Waals surface area contributed by atoms with Gasteiger partial charge in [-0.25, -0.2) is 0 Å². The number of benzene rings is 2. The first-order valence-corrected chi connectivity index (χ1v) is 9.92. The van der Waals surface area contributed by atoms with Crippen LogP contribution in [0.2, 0.25) is 0 Å². The predicted octanol–water partition coefficient (Wildman–Crippen LogP) is 2.63. The van der Waals surface area contributed by atoms with Crippen LogP contribution in [0.15, 0.2) is 60.7 Å². The van der Waals surface area contributed by atoms with E-state index in [-0.39, 0.29) is 18.5 Å². The molecule has 6 nitrogen and oxygen atoms in total. The number of anilines is 1. The maximum atomic E-state index is 12.7.